The van der Waals surface area contributed by atoms with Crippen molar-refractivity contribution in [2.45, 2.75) is 69.7 Å². The van der Waals surface area contributed by atoms with Crippen LogP contribution in [0, 0.1) is 5.92 Å². The molecule has 0 aromatic rings. The van der Waals surface area contributed by atoms with Gasteiger partial charge in [-0.3, -0.25) is 33.6 Å². The van der Waals surface area contributed by atoms with E-state index in [1.165, 1.54) is 0 Å². The van der Waals surface area contributed by atoms with Gasteiger partial charge in [0.05, 0.1) is 6.54 Å². The maximum Gasteiger partial charge on any atom is 0.326 e. The molecule has 0 rings (SSSR count). The SMILES string of the molecule is CC(C)[C@H](NC(=O)[C@H](CCC(N)=O)NC(=O)[C@H](CS)NC(=O)[C@H](CS)NC(=O)[C@H](CCC(N)=O)NC(=O)CN)C(=O)O. The number of amides is 7. The van der Waals surface area contributed by atoms with Crippen LogP contribution in [0.4, 0.5) is 0 Å². The van der Waals surface area contributed by atoms with Crippen LogP contribution >= 0.6 is 25.3 Å². The summed E-state index contributed by atoms with van der Waals surface area (Å²) >= 11 is 8.10. The van der Waals surface area contributed by atoms with Crippen LogP contribution in [0.1, 0.15) is 39.5 Å². The molecule has 0 heterocycles. The van der Waals surface area contributed by atoms with Gasteiger partial charge in [-0.1, -0.05) is 13.8 Å². The van der Waals surface area contributed by atoms with Crippen molar-refractivity contribution in [1.29, 1.82) is 0 Å². The predicted octanol–water partition coefficient (Wildman–Crippen LogP) is -4.50. The third kappa shape index (κ3) is 14.4. The molecule has 0 aliphatic rings. The van der Waals surface area contributed by atoms with Crippen LogP contribution in [-0.4, -0.2) is 101 Å². The van der Waals surface area contributed by atoms with Gasteiger partial charge in [0.25, 0.3) is 0 Å². The Bertz CT molecular complexity index is 1010. The lowest BCUT2D eigenvalue weighted by Gasteiger charge is -2.26. The number of rotatable bonds is 20. The molecular weight excluding hydrogens is 596 g/mol. The van der Waals surface area contributed by atoms with Crippen LogP contribution in [0.25, 0.3) is 0 Å². The third-order valence-corrected chi connectivity index (χ3v) is 6.42. The first-order valence-electron chi connectivity index (χ1n) is 12.8. The largest absolute Gasteiger partial charge is 0.480 e. The molecule has 0 bridgehead atoms. The first kappa shape index (κ1) is 38.4. The average Bonchev–Trinajstić information content (AvgIpc) is 2.91. The Morgan fingerprint density at radius 3 is 1.33 bits per heavy atom. The zero-order valence-electron chi connectivity index (χ0n) is 23.3. The summed E-state index contributed by atoms with van der Waals surface area (Å²) in [5.41, 5.74) is 15.5. The van der Waals surface area contributed by atoms with Gasteiger partial charge in [-0.25, -0.2) is 4.79 Å². The van der Waals surface area contributed by atoms with Crippen molar-refractivity contribution in [2.24, 2.45) is 23.1 Å². The molecule has 0 aliphatic carbocycles. The lowest BCUT2D eigenvalue weighted by atomic mass is 10.0. The molecule has 0 spiro atoms. The van der Waals surface area contributed by atoms with Crippen molar-refractivity contribution in [3.8, 4) is 0 Å². The summed E-state index contributed by atoms with van der Waals surface area (Å²) in [6.07, 6.45) is -1.01. The summed E-state index contributed by atoms with van der Waals surface area (Å²) in [5, 5.41) is 21.1. The molecule has 0 saturated heterocycles. The summed E-state index contributed by atoms with van der Waals surface area (Å²) in [7, 11) is 0. The van der Waals surface area contributed by atoms with E-state index in [0.29, 0.717) is 0 Å². The van der Waals surface area contributed by atoms with E-state index in [1.54, 1.807) is 13.8 Å². The number of aliphatic carboxylic acids is 1. The van der Waals surface area contributed by atoms with Gasteiger partial charge in [0.2, 0.25) is 41.4 Å². The van der Waals surface area contributed by atoms with Crippen LogP contribution in [0.3, 0.4) is 0 Å². The zero-order chi connectivity index (χ0) is 32.6. The molecule has 0 aromatic carbocycles. The molecule has 0 aliphatic heterocycles. The first-order chi connectivity index (χ1) is 19.6. The molecule has 0 aromatic heterocycles. The summed E-state index contributed by atoms with van der Waals surface area (Å²) in [6.45, 7) is 2.68. The second-order valence-electron chi connectivity index (χ2n) is 9.45. The van der Waals surface area contributed by atoms with Gasteiger partial charge in [0.1, 0.15) is 30.2 Å². The zero-order valence-corrected chi connectivity index (χ0v) is 25.0. The fraction of sp³-hybridized carbons (Fsp3) is 0.652. The number of primary amides is 2. The number of carbonyl (C=O) groups excluding carboxylic acids is 7. The van der Waals surface area contributed by atoms with Gasteiger partial charge in [0, 0.05) is 24.3 Å². The summed E-state index contributed by atoms with van der Waals surface area (Å²) in [6, 6.07) is -6.60. The molecule has 0 unspecified atom stereocenters. The van der Waals surface area contributed by atoms with Crippen LogP contribution in [0.2, 0.25) is 0 Å². The number of carboxylic acids is 1. The smallest absolute Gasteiger partial charge is 0.326 e. The van der Waals surface area contributed by atoms with E-state index in [9.17, 15) is 43.5 Å². The summed E-state index contributed by atoms with van der Waals surface area (Å²) in [4.78, 5) is 97.1. The summed E-state index contributed by atoms with van der Waals surface area (Å²) < 4.78 is 0. The molecule has 17 nitrogen and oxygen atoms in total. The number of nitrogens with one attached hydrogen (secondary N) is 5. The van der Waals surface area contributed by atoms with E-state index in [0.717, 1.165) is 0 Å². The highest BCUT2D eigenvalue weighted by Gasteiger charge is 2.32. The van der Waals surface area contributed by atoms with E-state index in [-0.39, 0.29) is 37.2 Å². The molecule has 7 amide bonds. The fourth-order valence-corrected chi connectivity index (χ4v) is 3.85. The Morgan fingerprint density at radius 2 is 1.00 bits per heavy atom. The molecule has 5 atom stereocenters. The Morgan fingerprint density at radius 1 is 0.643 bits per heavy atom. The number of nitrogens with two attached hydrogens (primary N) is 3. The Balaban J connectivity index is 5.63. The van der Waals surface area contributed by atoms with Crippen molar-refractivity contribution in [2.75, 3.05) is 18.1 Å². The Labute approximate surface area is 253 Å². The predicted molar refractivity (Wildman–Crippen MR) is 156 cm³/mol. The topological polar surface area (TPSA) is 295 Å². The third-order valence-electron chi connectivity index (χ3n) is 5.69. The molecule has 0 radical (unpaired) electrons. The van der Waals surface area contributed by atoms with E-state index in [4.69, 9.17) is 17.2 Å². The van der Waals surface area contributed by atoms with E-state index >= 15 is 0 Å². The molecule has 238 valence electrons. The maximum absolute atomic E-state index is 13.0. The minimum Gasteiger partial charge on any atom is -0.480 e. The molecule has 19 heteroatoms. The summed E-state index contributed by atoms with van der Waals surface area (Å²) in [5.74, 6) is -8.06. The van der Waals surface area contributed by atoms with Gasteiger partial charge in [0.15, 0.2) is 0 Å². The molecule has 0 fully saturated rings. The van der Waals surface area contributed by atoms with Gasteiger partial charge in [-0.15, -0.1) is 0 Å². The lowest BCUT2D eigenvalue weighted by Crippen LogP contribution is -2.60. The van der Waals surface area contributed by atoms with Crippen LogP contribution in [0.15, 0.2) is 0 Å². The van der Waals surface area contributed by atoms with Crippen molar-refractivity contribution in [3.63, 3.8) is 0 Å². The van der Waals surface area contributed by atoms with E-state index < -0.39 is 90.0 Å². The van der Waals surface area contributed by atoms with Crippen molar-refractivity contribution in [3.05, 3.63) is 0 Å². The van der Waals surface area contributed by atoms with Crippen LogP contribution in [0.5, 0.6) is 0 Å². The van der Waals surface area contributed by atoms with Gasteiger partial charge in [-0.05, 0) is 18.8 Å². The van der Waals surface area contributed by atoms with Crippen molar-refractivity contribution >= 4 is 72.6 Å². The molecule has 42 heavy (non-hydrogen) atoms. The highest BCUT2D eigenvalue weighted by Crippen LogP contribution is 2.06. The first-order valence-corrected chi connectivity index (χ1v) is 14.1. The minimum absolute atomic E-state index is 0.177. The average molecular weight is 637 g/mol. The van der Waals surface area contributed by atoms with Gasteiger partial charge in [-0.2, -0.15) is 25.3 Å². The molecule has 12 N–H and O–H groups in total. The number of thiol groups is 2. The second kappa shape index (κ2) is 19.5. The number of carboxylic acid groups (broad SMARTS) is 1. The van der Waals surface area contributed by atoms with Gasteiger partial charge < -0.3 is 48.9 Å². The quantitative estimate of drug-likeness (QED) is 0.0569. The molecule has 0 saturated carbocycles. The second-order valence-corrected chi connectivity index (χ2v) is 10.2. The lowest BCUT2D eigenvalue weighted by molar-refractivity contribution is -0.143. The van der Waals surface area contributed by atoms with Crippen molar-refractivity contribution in [1.82, 2.24) is 26.6 Å². The Hall–Kier alpha value is -3.58. The highest BCUT2D eigenvalue weighted by atomic mass is 32.1. The van der Waals surface area contributed by atoms with Crippen molar-refractivity contribution < 1.29 is 43.5 Å². The fourth-order valence-electron chi connectivity index (χ4n) is 3.34. The van der Waals surface area contributed by atoms with E-state index in [1.807, 2.05) is 0 Å². The van der Waals surface area contributed by atoms with Gasteiger partial charge >= 0.3 is 5.97 Å². The highest BCUT2D eigenvalue weighted by molar-refractivity contribution is 7.80. The normalized spacial score (nSPS) is 14.3. The standard InChI is InChI=1S/C23H40N8O9S2/c1-10(2)18(23(39)40)31-20(36)12(4-6-16(26)33)28-21(37)13(8-41)30-22(38)14(9-42)29-19(35)11(3-5-15(25)32)27-17(34)7-24/h10-14,18,41-42H,3-9,24H2,1-2H3,(H2,25,32)(H2,26,33)(H,27,34)(H,28,37)(H,29,35)(H,30,38)(H,31,36)(H,39,40)/t11-,12-,13-,14-,18-/m0/s1. The van der Waals surface area contributed by atoms with Crippen LogP contribution < -0.4 is 43.8 Å². The number of carbonyl (C=O) groups is 8. The minimum atomic E-state index is -1.39. The monoisotopic (exact) mass is 636 g/mol. The molecular formula is C23H40N8O9S2. The number of hydrogen-bond donors (Lipinski definition) is 11. The Kier molecular flexibility index (Phi) is 17.9. The van der Waals surface area contributed by atoms with Crippen LogP contribution in [-0.2, 0) is 38.4 Å². The number of hydrogen-bond acceptors (Lipinski definition) is 11. The maximum atomic E-state index is 13.0. The van der Waals surface area contributed by atoms with E-state index in [2.05, 4.69) is 51.8 Å².